The van der Waals surface area contributed by atoms with Crippen LogP contribution in [0.4, 0.5) is 5.69 Å². The van der Waals surface area contributed by atoms with Gasteiger partial charge in [0.2, 0.25) is 0 Å². The lowest BCUT2D eigenvalue weighted by molar-refractivity contribution is 0.0970. The summed E-state index contributed by atoms with van der Waals surface area (Å²) in [7, 11) is 0. The van der Waals surface area contributed by atoms with E-state index in [1.165, 1.54) is 0 Å². The van der Waals surface area contributed by atoms with Crippen LogP contribution in [0.3, 0.4) is 0 Å². The topological polar surface area (TPSA) is 74.8 Å². The van der Waals surface area contributed by atoms with E-state index in [1.54, 1.807) is 42.5 Å². The highest BCUT2D eigenvalue weighted by Crippen LogP contribution is 2.34. The number of Topliss-reactive ketones (excluding diaryl/α,β-unsaturated/α-hetero) is 1. The van der Waals surface area contributed by atoms with Crippen LogP contribution in [0.15, 0.2) is 54.6 Å². The Labute approximate surface area is 188 Å². The number of carbonyl (C=O) groups is 2. The fraction of sp³-hybridized carbons (Fsp3) is 0.125. The van der Waals surface area contributed by atoms with E-state index >= 15 is 0 Å². The summed E-state index contributed by atoms with van der Waals surface area (Å²) in [6.45, 7) is 0. The number of amides is 1. The summed E-state index contributed by atoms with van der Waals surface area (Å²) < 4.78 is 0. The van der Waals surface area contributed by atoms with Gasteiger partial charge in [0, 0.05) is 23.2 Å². The van der Waals surface area contributed by atoms with Gasteiger partial charge in [-0.25, -0.2) is 4.98 Å². The van der Waals surface area contributed by atoms with Gasteiger partial charge in [-0.05, 0) is 60.9 Å². The number of nitrogens with zero attached hydrogens (tertiary/aromatic N) is 1. The molecule has 3 aromatic carbocycles. The summed E-state index contributed by atoms with van der Waals surface area (Å²) in [5.74, 6) is 0.399. The Hall–Kier alpha value is -3.15. The second-order valence-electron chi connectivity index (χ2n) is 7.52. The van der Waals surface area contributed by atoms with E-state index in [0.717, 1.165) is 18.4 Å². The average Bonchev–Trinajstić information content (AvgIpc) is 3.17. The fourth-order valence-corrected chi connectivity index (χ4v) is 4.48. The second kappa shape index (κ2) is 7.84. The number of hydrogen-bond donors (Lipinski definition) is 2. The number of H-pyrrole nitrogens is 1. The lowest BCUT2D eigenvalue weighted by Crippen LogP contribution is -2.15. The number of ketones is 1. The third-order valence-electron chi connectivity index (χ3n) is 5.46. The van der Waals surface area contributed by atoms with E-state index in [-0.39, 0.29) is 11.7 Å². The molecule has 1 heterocycles. The summed E-state index contributed by atoms with van der Waals surface area (Å²) in [6.07, 6.45) is 2.32. The molecule has 0 spiro atoms. The van der Waals surface area contributed by atoms with Crippen molar-refractivity contribution in [3.05, 3.63) is 81.3 Å². The number of hydrogen-bond acceptors (Lipinski definition) is 3. The molecule has 4 aromatic rings. The summed E-state index contributed by atoms with van der Waals surface area (Å²) in [5.41, 5.74) is 4.82. The number of imidazole rings is 1. The quantitative estimate of drug-likeness (QED) is 0.384. The van der Waals surface area contributed by atoms with Crippen LogP contribution in [0, 0.1) is 0 Å². The predicted octanol–water partition coefficient (Wildman–Crippen LogP) is 6.31. The molecule has 0 saturated heterocycles. The van der Waals surface area contributed by atoms with Crippen LogP contribution >= 0.6 is 23.2 Å². The van der Waals surface area contributed by atoms with Crippen molar-refractivity contribution < 1.29 is 9.59 Å². The molecular weight excluding hydrogens is 433 g/mol. The lowest BCUT2D eigenvalue weighted by atomic mass is 9.90. The maximum atomic E-state index is 12.8. The largest absolute Gasteiger partial charge is 0.338 e. The third kappa shape index (κ3) is 3.71. The minimum Gasteiger partial charge on any atom is -0.338 e. The molecule has 31 heavy (non-hydrogen) atoms. The van der Waals surface area contributed by atoms with Crippen molar-refractivity contribution in [2.24, 2.45) is 0 Å². The third-order valence-corrected chi connectivity index (χ3v) is 6.09. The van der Waals surface area contributed by atoms with Crippen LogP contribution in [0.5, 0.6) is 0 Å². The van der Waals surface area contributed by atoms with Gasteiger partial charge in [-0.3, -0.25) is 9.59 Å². The highest BCUT2D eigenvalue weighted by Gasteiger charge is 2.18. The minimum absolute atomic E-state index is 0.127. The van der Waals surface area contributed by atoms with Crippen LogP contribution in [0.1, 0.15) is 39.1 Å². The fourth-order valence-electron chi connectivity index (χ4n) is 3.90. The lowest BCUT2D eigenvalue weighted by Gasteiger charge is -2.16. The van der Waals surface area contributed by atoms with Crippen LogP contribution in [0.2, 0.25) is 10.0 Å². The number of aromatic nitrogens is 2. The molecule has 0 radical (unpaired) electrons. The zero-order valence-electron chi connectivity index (χ0n) is 16.3. The van der Waals surface area contributed by atoms with Crippen molar-refractivity contribution in [2.45, 2.75) is 19.3 Å². The monoisotopic (exact) mass is 449 g/mol. The SMILES string of the molecule is O=C(Nc1ccc2c(c1)C(=O)CCC2)c1ccc2nc(-c3c(Cl)cccc3Cl)[nH]c2c1. The number of halogens is 2. The molecule has 0 saturated carbocycles. The van der Waals surface area contributed by atoms with E-state index in [2.05, 4.69) is 15.3 Å². The van der Waals surface area contributed by atoms with Gasteiger partial charge in [0.25, 0.3) is 5.91 Å². The van der Waals surface area contributed by atoms with Gasteiger partial charge >= 0.3 is 0 Å². The standard InChI is InChI=1S/C24H17Cl2N3O2/c25-17-4-2-5-18(26)22(17)23-28-19-10-8-14(11-20(19)29-23)24(31)27-15-9-7-13-3-1-6-21(30)16(13)12-15/h2,4-5,7-12H,1,3,6H2,(H,27,31)(H,28,29). The molecule has 0 bridgehead atoms. The van der Waals surface area contributed by atoms with Crippen LogP contribution in [-0.4, -0.2) is 21.7 Å². The average molecular weight is 450 g/mol. The molecule has 5 rings (SSSR count). The molecule has 2 N–H and O–H groups in total. The van der Waals surface area contributed by atoms with E-state index < -0.39 is 0 Å². The van der Waals surface area contributed by atoms with Gasteiger partial charge in [-0.2, -0.15) is 0 Å². The minimum atomic E-state index is -0.267. The van der Waals surface area contributed by atoms with Gasteiger partial charge in [0.15, 0.2) is 5.78 Å². The smallest absolute Gasteiger partial charge is 0.255 e. The Bertz CT molecular complexity index is 1340. The zero-order valence-corrected chi connectivity index (χ0v) is 17.8. The molecule has 7 heteroatoms. The maximum Gasteiger partial charge on any atom is 0.255 e. The molecule has 1 amide bonds. The Balaban J connectivity index is 1.44. The number of carbonyl (C=O) groups excluding carboxylic acids is 2. The van der Waals surface area contributed by atoms with Crippen molar-refractivity contribution in [1.82, 2.24) is 9.97 Å². The van der Waals surface area contributed by atoms with Crippen LogP contribution in [-0.2, 0) is 6.42 Å². The number of aryl methyl sites for hydroxylation is 1. The van der Waals surface area contributed by atoms with Gasteiger partial charge in [0.05, 0.1) is 26.6 Å². The highest BCUT2D eigenvalue weighted by atomic mass is 35.5. The first kappa shape index (κ1) is 19.8. The Morgan fingerprint density at radius 3 is 2.61 bits per heavy atom. The molecule has 0 fully saturated rings. The molecule has 1 aromatic heterocycles. The summed E-state index contributed by atoms with van der Waals surface area (Å²) in [5, 5.41) is 3.87. The van der Waals surface area contributed by atoms with E-state index in [1.807, 2.05) is 12.1 Å². The Morgan fingerprint density at radius 2 is 1.81 bits per heavy atom. The number of anilines is 1. The molecular formula is C24H17Cl2N3O2. The van der Waals surface area contributed by atoms with Crippen LogP contribution in [0.25, 0.3) is 22.4 Å². The molecule has 0 atom stereocenters. The van der Waals surface area contributed by atoms with Gasteiger partial charge in [0.1, 0.15) is 5.82 Å². The van der Waals surface area contributed by atoms with Crippen LogP contribution < -0.4 is 5.32 Å². The molecule has 154 valence electrons. The number of rotatable bonds is 3. The Morgan fingerprint density at radius 1 is 1.00 bits per heavy atom. The van der Waals surface area contributed by atoms with Crippen molar-refractivity contribution in [3.63, 3.8) is 0 Å². The first-order valence-electron chi connectivity index (χ1n) is 9.91. The molecule has 0 aliphatic heterocycles. The highest BCUT2D eigenvalue weighted by molar-refractivity contribution is 6.39. The number of nitrogens with one attached hydrogen (secondary N) is 2. The molecule has 1 aliphatic carbocycles. The summed E-state index contributed by atoms with van der Waals surface area (Å²) >= 11 is 12.6. The summed E-state index contributed by atoms with van der Waals surface area (Å²) in [4.78, 5) is 32.7. The van der Waals surface area contributed by atoms with Crippen molar-refractivity contribution in [2.75, 3.05) is 5.32 Å². The van der Waals surface area contributed by atoms with Crippen molar-refractivity contribution in [1.29, 1.82) is 0 Å². The molecule has 5 nitrogen and oxygen atoms in total. The summed E-state index contributed by atoms with van der Waals surface area (Å²) in [6, 6.07) is 16.0. The van der Waals surface area contributed by atoms with E-state index in [9.17, 15) is 9.59 Å². The first-order valence-corrected chi connectivity index (χ1v) is 10.7. The second-order valence-corrected chi connectivity index (χ2v) is 8.33. The number of aromatic amines is 1. The zero-order chi connectivity index (χ0) is 21.5. The number of fused-ring (bicyclic) bond motifs is 2. The van der Waals surface area contributed by atoms with Crippen molar-refractivity contribution in [3.8, 4) is 11.4 Å². The van der Waals surface area contributed by atoms with Gasteiger partial charge in [-0.1, -0.05) is 35.3 Å². The van der Waals surface area contributed by atoms with Gasteiger partial charge in [-0.15, -0.1) is 0 Å². The first-order chi connectivity index (χ1) is 15.0. The normalized spacial score (nSPS) is 13.3. The predicted molar refractivity (Wildman–Crippen MR) is 123 cm³/mol. The van der Waals surface area contributed by atoms with Crippen molar-refractivity contribution >= 4 is 51.6 Å². The van der Waals surface area contributed by atoms with E-state index in [4.69, 9.17) is 23.2 Å². The van der Waals surface area contributed by atoms with E-state index in [0.29, 0.717) is 55.7 Å². The molecule has 1 aliphatic rings. The molecule has 0 unspecified atom stereocenters. The number of benzene rings is 3. The Kier molecular flexibility index (Phi) is 5.00. The van der Waals surface area contributed by atoms with Gasteiger partial charge < -0.3 is 10.3 Å². The maximum absolute atomic E-state index is 12.8.